The summed E-state index contributed by atoms with van der Waals surface area (Å²) < 4.78 is 5.50. The fraction of sp³-hybridized carbons (Fsp3) is 0.562. The van der Waals surface area contributed by atoms with Crippen molar-refractivity contribution >= 4 is 29.3 Å². The quantitative estimate of drug-likeness (QED) is 0.807. The van der Waals surface area contributed by atoms with Gasteiger partial charge in [0.25, 0.3) is 0 Å². The number of ether oxygens (including phenoxy) is 1. The van der Waals surface area contributed by atoms with E-state index in [9.17, 15) is 4.79 Å². The highest BCUT2D eigenvalue weighted by Gasteiger charge is 2.34. The molecular formula is C16H23ClN2O2S. The Morgan fingerprint density at radius 3 is 2.68 bits per heavy atom. The molecule has 2 rings (SSSR count). The lowest BCUT2D eigenvalue weighted by molar-refractivity contribution is -0.119. The van der Waals surface area contributed by atoms with Gasteiger partial charge in [-0.05, 0) is 38.1 Å². The van der Waals surface area contributed by atoms with Crippen molar-refractivity contribution in [3.05, 3.63) is 29.3 Å². The van der Waals surface area contributed by atoms with Crippen molar-refractivity contribution < 1.29 is 9.53 Å². The van der Waals surface area contributed by atoms with Gasteiger partial charge in [0.15, 0.2) is 0 Å². The van der Waals surface area contributed by atoms with Crippen LogP contribution in [-0.2, 0) is 9.53 Å². The van der Waals surface area contributed by atoms with Crippen molar-refractivity contribution in [2.24, 2.45) is 0 Å². The average molecular weight is 343 g/mol. The summed E-state index contributed by atoms with van der Waals surface area (Å²) in [6.07, 6.45) is 0.0619. The van der Waals surface area contributed by atoms with Gasteiger partial charge in [-0.2, -0.15) is 0 Å². The number of amides is 1. The number of likely N-dealkylation sites (tertiary alicyclic amines) is 1. The number of carbonyl (C=O) groups excluding carboxylic acids is 1. The molecule has 1 aromatic carbocycles. The number of hydrogen-bond donors (Lipinski definition) is 1. The minimum atomic E-state index is 0.0395. The second-order valence-electron chi connectivity index (χ2n) is 5.74. The first-order valence-corrected chi connectivity index (χ1v) is 8.80. The second kappa shape index (κ2) is 8.20. The molecule has 0 saturated carbocycles. The number of nitrogens with zero attached hydrogens (tertiary/aromatic N) is 1. The number of thioether (sulfide) groups is 1. The number of carbonyl (C=O) groups is 1. The molecule has 1 fully saturated rings. The van der Waals surface area contributed by atoms with Gasteiger partial charge in [-0.1, -0.05) is 11.6 Å². The molecule has 1 aromatic rings. The van der Waals surface area contributed by atoms with Crippen LogP contribution in [0.2, 0.25) is 5.02 Å². The molecule has 22 heavy (non-hydrogen) atoms. The van der Waals surface area contributed by atoms with E-state index in [0.717, 1.165) is 18.0 Å². The lowest BCUT2D eigenvalue weighted by Gasteiger charge is -2.20. The molecule has 0 aliphatic carbocycles. The molecule has 0 spiro atoms. The van der Waals surface area contributed by atoms with Crippen LogP contribution in [0.3, 0.4) is 0 Å². The molecule has 1 saturated heterocycles. The maximum atomic E-state index is 12.1. The molecule has 6 heteroatoms. The highest BCUT2D eigenvalue weighted by atomic mass is 35.5. The van der Waals surface area contributed by atoms with Crippen molar-refractivity contribution in [3.8, 4) is 0 Å². The Labute approximate surface area is 141 Å². The summed E-state index contributed by atoms with van der Waals surface area (Å²) in [6, 6.07) is 8.04. The van der Waals surface area contributed by atoms with Gasteiger partial charge in [-0.25, -0.2) is 0 Å². The van der Waals surface area contributed by atoms with Crippen LogP contribution >= 0.6 is 23.4 Å². The fourth-order valence-corrected chi connectivity index (χ4v) is 3.37. The van der Waals surface area contributed by atoms with E-state index in [2.05, 4.69) is 24.1 Å². The molecule has 1 aliphatic rings. The molecule has 122 valence electrons. The molecule has 2 atom stereocenters. The third-order valence-corrected chi connectivity index (χ3v) is 5.12. The maximum Gasteiger partial charge on any atom is 0.230 e. The van der Waals surface area contributed by atoms with Gasteiger partial charge in [0.1, 0.15) is 0 Å². The summed E-state index contributed by atoms with van der Waals surface area (Å²) in [6.45, 7) is 6.03. The Balaban J connectivity index is 1.82. The van der Waals surface area contributed by atoms with Gasteiger partial charge >= 0.3 is 0 Å². The van der Waals surface area contributed by atoms with Crippen molar-refractivity contribution in [2.75, 3.05) is 26.0 Å². The molecule has 1 amide bonds. The monoisotopic (exact) mass is 342 g/mol. The molecule has 0 aromatic heterocycles. The summed E-state index contributed by atoms with van der Waals surface area (Å²) in [5, 5.41) is 3.80. The largest absolute Gasteiger partial charge is 0.378 e. The minimum absolute atomic E-state index is 0.0395. The number of halogens is 1. The average Bonchev–Trinajstić information content (AvgIpc) is 2.90. The molecule has 4 nitrogen and oxygen atoms in total. The van der Waals surface area contributed by atoms with Gasteiger partial charge in [0.2, 0.25) is 5.91 Å². The van der Waals surface area contributed by atoms with E-state index in [1.54, 1.807) is 7.11 Å². The van der Waals surface area contributed by atoms with E-state index in [0.29, 0.717) is 16.8 Å². The van der Waals surface area contributed by atoms with E-state index >= 15 is 0 Å². The lowest BCUT2D eigenvalue weighted by Crippen LogP contribution is -2.44. The van der Waals surface area contributed by atoms with Crippen LogP contribution in [0.4, 0.5) is 0 Å². The number of nitrogens with one attached hydrogen (secondary N) is 1. The number of rotatable bonds is 6. The van der Waals surface area contributed by atoms with Crippen LogP contribution in [0.25, 0.3) is 0 Å². The van der Waals surface area contributed by atoms with Crippen LogP contribution in [0.15, 0.2) is 29.2 Å². The third kappa shape index (κ3) is 4.88. The van der Waals surface area contributed by atoms with E-state index < -0.39 is 0 Å². The predicted molar refractivity (Wildman–Crippen MR) is 91.6 cm³/mol. The molecule has 0 radical (unpaired) electrons. The molecular weight excluding hydrogens is 320 g/mol. The summed E-state index contributed by atoms with van der Waals surface area (Å²) in [4.78, 5) is 15.5. The van der Waals surface area contributed by atoms with Crippen molar-refractivity contribution in [1.82, 2.24) is 10.2 Å². The SMILES string of the molecule is CO[C@H]1CN(C(C)C)C[C@@H]1NC(=O)CSc1ccc(Cl)cc1. The zero-order chi connectivity index (χ0) is 16.1. The van der Waals surface area contributed by atoms with Crippen molar-refractivity contribution in [2.45, 2.75) is 36.9 Å². The Hall–Kier alpha value is -0.750. The standard InChI is InChI=1S/C16H23ClN2O2S/c1-11(2)19-8-14(15(9-19)21-3)18-16(20)10-22-13-6-4-12(17)5-7-13/h4-7,11,14-15H,8-10H2,1-3H3,(H,18,20)/t14-,15-/m0/s1. The predicted octanol–water partition coefficient (Wildman–Crippen LogP) is 2.66. The highest BCUT2D eigenvalue weighted by molar-refractivity contribution is 8.00. The van der Waals surface area contributed by atoms with Crippen LogP contribution < -0.4 is 5.32 Å². The molecule has 1 heterocycles. The van der Waals surface area contributed by atoms with E-state index in [-0.39, 0.29) is 18.1 Å². The van der Waals surface area contributed by atoms with E-state index in [1.807, 2.05) is 24.3 Å². The Morgan fingerprint density at radius 1 is 1.41 bits per heavy atom. The van der Waals surface area contributed by atoms with Crippen LogP contribution in [0.5, 0.6) is 0 Å². The first-order chi connectivity index (χ1) is 10.5. The highest BCUT2D eigenvalue weighted by Crippen LogP contribution is 2.21. The second-order valence-corrected chi connectivity index (χ2v) is 7.22. The molecule has 0 bridgehead atoms. The number of hydrogen-bond acceptors (Lipinski definition) is 4. The summed E-state index contributed by atoms with van der Waals surface area (Å²) >= 11 is 7.36. The molecule has 1 aliphatic heterocycles. The zero-order valence-corrected chi connectivity index (χ0v) is 14.8. The summed E-state index contributed by atoms with van der Waals surface area (Å²) in [5.74, 6) is 0.439. The van der Waals surface area contributed by atoms with Crippen LogP contribution in [0, 0.1) is 0 Å². The normalized spacial score (nSPS) is 22.2. The summed E-state index contributed by atoms with van der Waals surface area (Å²) in [7, 11) is 1.70. The fourth-order valence-electron chi connectivity index (χ4n) is 2.53. The topological polar surface area (TPSA) is 41.6 Å². The van der Waals surface area contributed by atoms with E-state index in [1.165, 1.54) is 11.8 Å². The Morgan fingerprint density at radius 2 is 2.09 bits per heavy atom. The Bertz CT molecular complexity index is 495. The smallest absolute Gasteiger partial charge is 0.230 e. The number of benzene rings is 1. The Kier molecular flexibility index (Phi) is 6.56. The van der Waals surface area contributed by atoms with Gasteiger partial charge in [0, 0.05) is 36.2 Å². The summed E-state index contributed by atoms with van der Waals surface area (Å²) in [5.41, 5.74) is 0. The third-order valence-electron chi connectivity index (χ3n) is 3.86. The first-order valence-electron chi connectivity index (χ1n) is 7.44. The van der Waals surface area contributed by atoms with Crippen LogP contribution in [0.1, 0.15) is 13.8 Å². The lowest BCUT2D eigenvalue weighted by atomic mass is 10.2. The van der Waals surface area contributed by atoms with Crippen molar-refractivity contribution in [1.29, 1.82) is 0 Å². The first kappa shape index (κ1) is 17.6. The van der Waals surface area contributed by atoms with Gasteiger partial charge in [-0.3, -0.25) is 9.69 Å². The van der Waals surface area contributed by atoms with Crippen LogP contribution in [-0.4, -0.2) is 54.9 Å². The molecule has 0 unspecified atom stereocenters. The number of methoxy groups -OCH3 is 1. The van der Waals surface area contributed by atoms with Gasteiger partial charge in [-0.15, -0.1) is 11.8 Å². The minimum Gasteiger partial charge on any atom is -0.378 e. The van der Waals surface area contributed by atoms with E-state index in [4.69, 9.17) is 16.3 Å². The van der Waals surface area contributed by atoms with Crippen molar-refractivity contribution in [3.63, 3.8) is 0 Å². The van der Waals surface area contributed by atoms with Gasteiger partial charge < -0.3 is 10.1 Å². The zero-order valence-electron chi connectivity index (χ0n) is 13.2. The maximum absolute atomic E-state index is 12.1. The molecule has 1 N–H and O–H groups in total. The van der Waals surface area contributed by atoms with Gasteiger partial charge in [0.05, 0.1) is 17.9 Å².